The predicted molar refractivity (Wildman–Crippen MR) is 121 cm³/mol. The van der Waals surface area contributed by atoms with Crippen LogP contribution in [0.2, 0.25) is 5.02 Å². The molecule has 30 heavy (non-hydrogen) atoms. The number of thioether (sulfide) groups is 1. The van der Waals surface area contributed by atoms with Gasteiger partial charge < -0.3 is 5.73 Å². The van der Waals surface area contributed by atoms with Crippen molar-refractivity contribution in [1.29, 1.82) is 10.5 Å². The molecule has 0 unspecified atom stereocenters. The third-order valence-corrected chi connectivity index (χ3v) is 7.09. The molecule has 0 saturated heterocycles. The maximum absolute atomic E-state index is 9.79. The third kappa shape index (κ3) is 4.02. The van der Waals surface area contributed by atoms with Crippen molar-refractivity contribution >= 4 is 51.9 Å². The largest absolute Gasteiger partial charge is 0.383 e. The monoisotopic (exact) mass is 466 g/mol. The molecule has 3 aromatic heterocycles. The number of benzene rings is 1. The Morgan fingerprint density at radius 1 is 1.07 bits per heavy atom. The normalized spacial score (nSPS) is 10.5. The number of nitrogens with two attached hydrogens (primary N) is 1. The van der Waals surface area contributed by atoms with E-state index in [4.69, 9.17) is 17.3 Å². The lowest BCUT2D eigenvalue weighted by Crippen LogP contribution is -2.03. The summed E-state index contributed by atoms with van der Waals surface area (Å²) in [5, 5.41) is 23.3. The Hall–Kier alpha value is -2.95. The van der Waals surface area contributed by atoms with E-state index in [2.05, 4.69) is 27.1 Å². The minimum atomic E-state index is 0.0996. The molecule has 0 saturated carbocycles. The van der Waals surface area contributed by atoms with Gasteiger partial charge in [-0.15, -0.1) is 22.7 Å². The first-order valence-corrected chi connectivity index (χ1v) is 11.6. The average Bonchev–Trinajstić information content (AvgIpc) is 3.44. The second-order valence-corrected chi connectivity index (χ2v) is 9.10. The Morgan fingerprint density at radius 3 is 2.50 bits per heavy atom. The van der Waals surface area contributed by atoms with Crippen molar-refractivity contribution in [2.24, 2.45) is 0 Å². The van der Waals surface area contributed by atoms with E-state index < -0.39 is 0 Å². The van der Waals surface area contributed by atoms with E-state index in [0.29, 0.717) is 31.8 Å². The van der Waals surface area contributed by atoms with Gasteiger partial charge >= 0.3 is 0 Å². The summed E-state index contributed by atoms with van der Waals surface area (Å²) >= 11 is 10.2. The minimum absolute atomic E-state index is 0.0996. The molecule has 0 atom stereocenters. The number of halogens is 1. The predicted octanol–water partition coefficient (Wildman–Crippen LogP) is 5.60. The summed E-state index contributed by atoms with van der Waals surface area (Å²) in [6.45, 7) is 0. The average molecular weight is 467 g/mol. The lowest BCUT2D eigenvalue weighted by atomic mass is 10.0. The van der Waals surface area contributed by atoms with Crippen molar-refractivity contribution in [1.82, 2.24) is 15.0 Å². The molecule has 0 aliphatic carbocycles. The molecule has 0 radical (unpaired) electrons. The van der Waals surface area contributed by atoms with Crippen molar-refractivity contribution in [2.45, 2.75) is 10.8 Å². The molecule has 0 amide bonds. The van der Waals surface area contributed by atoms with E-state index in [1.165, 1.54) is 34.4 Å². The van der Waals surface area contributed by atoms with Crippen LogP contribution in [-0.4, -0.2) is 15.0 Å². The maximum atomic E-state index is 9.79. The SMILES string of the molecule is N#Cc1c(N)nc(SCc2csc(-c3ccc(Cl)cc3)n2)c(C#N)c1-c1cncs1. The van der Waals surface area contributed by atoms with Crippen LogP contribution in [0.4, 0.5) is 5.82 Å². The van der Waals surface area contributed by atoms with Crippen molar-refractivity contribution < 1.29 is 0 Å². The van der Waals surface area contributed by atoms with Crippen LogP contribution in [0, 0.1) is 22.7 Å². The summed E-state index contributed by atoms with van der Waals surface area (Å²) in [7, 11) is 0. The summed E-state index contributed by atoms with van der Waals surface area (Å²) in [5.74, 6) is 0.613. The van der Waals surface area contributed by atoms with Gasteiger partial charge in [-0.2, -0.15) is 10.5 Å². The van der Waals surface area contributed by atoms with Gasteiger partial charge in [-0.25, -0.2) is 9.97 Å². The molecule has 0 aliphatic rings. The Balaban J connectivity index is 1.64. The topological polar surface area (TPSA) is 112 Å². The molecule has 6 nitrogen and oxygen atoms in total. The van der Waals surface area contributed by atoms with Crippen LogP contribution in [0.15, 0.2) is 46.4 Å². The van der Waals surface area contributed by atoms with Crippen molar-refractivity contribution in [3.05, 3.63) is 63.2 Å². The van der Waals surface area contributed by atoms with Gasteiger partial charge in [0, 0.05) is 33.5 Å². The molecule has 0 aliphatic heterocycles. The number of anilines is 1. The number of thiazole rings is 2. The van der Waals surface area contributed by atoms with Crippen LogP contribution in [0.3, 0.4) is 0 Å². The number of hydrogen-bond acceptors (Lipinski definition) is 9. The second-order valence-electron chi connectivity index (χ2n) is 5.96. The highest BCUT2D eigenvalue weighted by Gasteiger charge is 2.21. The Bertz CT molecular complexity index is 1280. The Morgan fingerprint density at radius 2 is 1.83 bits per heavy atom. The molecule has 4 rings (SSSR count). The van der Waals surface area contributed by atoms with Crippen molar-refractivity contribution in [3.63, 3.8) is 0 Å². The second kappa shape index (κ2) is 8.82. The zero-order chi connectivity index (χ0) is 21.1. The fraction of sp³-hybridized carbons (Fsp3) is 0.0500. The first-order valence-electron chi connectivity index (χ1n) is 8.46. The van der Waals surface area contributed by atoms with Crippen LogP contribution >= 0.6 is 46.0 Å². The molecule has 1 aromatic carbocycles. The zero-order valence-electron chi connectivity index (χ0n) is 15.2. The van der Waals surface area contributed by atoms with Gasteiger partial charge in [0.15, 0.2) is 0 Å². The van der Waals surface area contributed by atoms with Crippen LogP contribution < -0.4 is 5.73 Å². The molecule has 0 spiro atoms. The quantitative estimate of drug-likeness (QED) is 0.381. The van der Waals surface area contributed by atoms with E-state index >= 15 is 0 Å². The number of rotatable bonds is 5. The summed E-state index contributed by atoms with van der Waals surface area (Å²) < 4.78 is 0. The molecule has 0 fully saturated rings. The number of pyridine rings is 1. The fourth-order valence-electron chi connectivity index (χ4n) is 2.73. The summed E-state index contributed by atoms with van der Waals surface area (Å²) in [4.78, 5) is 13.7. The molecular formula is C20H11ClN6S3. The molecule has 146 valence electrons. The summed E-state index contributed by atoms with van der Waals surface area (Å²) in [5.41, 5.74) is 10.5. The van der Waals surface area contributed by atoms with Gasteiger partial charge in [0.1, 0.15) is 33.6 Å². The van der Waals surface area contributed by atoms with E-state index in [-0.39, 0.29) is 11.4 Å². The van der Waals surface area contributed by atoms with E-state index in [0.717, 1.165) is 16.3 Å². The van der Waals surface area contributed by atoms with Gasteiger partial charge in [-0.3, -0.25) is 4.98 Å². The fourth-order valence-corrected chi connectivity index (χ4v) is 5.35. The van der Waals surface area contributed by atoms with Crippen LogP contribution in [-0.2, 0) is 5.75 Å². The number of nitriles is 2. The summed E-state index contributed by atoms with van der Waals surface area (Å²) in [6.07, 6.45) is 1.62. The zero-order valence-corrected chi connectivity index (χ0v) is 18.4. The summed E-state index contributed by atoms with van der Waals surface area (Å²) in [6, 6.07) is 11.8. The first-order chi connectivity index (χ1) is 14.6. The van der Waals surface area contributed by atoms with Crippen molar-refractivity contribution in [2.75, 3.05) is 5.73 Å². The van der Waals surface area contributed by atoms with Crippen LogP contribution in [0.1, 0.15) is 16.8 Å². The Kier molecular flexibility index (Phi) is 5.98. The van der Waals surface area contributed by atoms with Gasteiger partial charge in [-0.1, -0.05) is 35.5 Å². The molecule has 4 aromatic rings. The highest BCUT2D eigenvalue weighted by atomic mass is 35.5. The van der Waals surface area contributed by atoms with Crippen LogP contribution in [0.25, 0.3) is 21.0 Å². The minimum Gasteiger partial charge on any atom is -0.383 e. The lowest BCUT2D eigenvalue weighted by Gasteiger charge is -2.10. The first kappa shape index (κ1) is 20.3. The van der Waals surface area contributed by atoms with Crippen molar-refractivity contribution in [3.8, 4) is 33.2 Å². The number of aromatic nitrogens is 3. The number of nitrogen functional groups attached to an aromatic ring is 1. The van der Waals surface area contributed by atoms with E-state index in [1.807, 2.05) is 29.6 Å². The highest BCUT2D eigenvalue weighted by molar-refractivity contribution is 7.98. The van der Waals surface area contributed by atoms with Gasteiger partial charge in [0.05, 0.1) is 21.6 Å². The van der Waals surface area contributed by atoms with Gasteiger partial charge in [-0.05, 0) is 12.1 Å². The Labute approximate surface area is 189 Å². The molecular weight excluding hydrogens is 456 g/mol. The van der Waals surface area contributed by atoms with E-state index in [1.54, 1.807) is 11.7 Å². The van der Waals surface area contributed by atoms with E-state index in [9.17, 15) is 10.5 Å². The molecule has 0 bridgehead atoms. The number of hydrogen-bond donors (Lipinski definition) is 1. The van der Waals surface area contributed by atoms with Gasteiger partial charge in [0.2, 0.25) is 0 Å². The van der Waals surface area contributed by atoms with Gasteiger partial charge in [0.25, 0.3) is 0 Å². The smallest absolute Gasteiger partial charge is 0.143 e. The standard InChI is InChI=1S/C20H11ClN6S3/c21-12-3-1-11(2-4-12)19-26-13(8-28-19)9-29-20-15(6-23)17(16-7-25-10-30-16)14(5-22)18(24)27-20/h1-4,7-8,10H,9H2,(H2,24,27). The lowest BCUT2D eigenvalue weighted by molar-refractivity contribution is 1.11. The third-order valence-electron chi connectivity index (χ3n) is 4.09. The van der Waals surface area contributed by atoms with Crippen LogP contribution in [0.5, 0.6) is 0 Å². The maximum Gasteiger partial charge on any atom is 0.143 e. The molecule has 2 N–H and O–H groups in total. The molecule has 3 heterocycles. The molecule has 10 heteroatoms. The highest BCUT2D eigenvalue weighted by Crippen LogP contribution is 2.38. The number of nitrogens with zero attached hydrogens (tertiary/aromatic N) is 5.